The van der Waals surface area contributed by atoms with Crippen LogP contribution in [0.1, 0.15) is 24.9 Å². The summed E-state index contributed by atoms with van der Waals surface area (Å²) in [5.74, 6) is -0.171. The first-order valence-electron chi connectivity index (χ1n) is 8.24. The van der Waals surface area contributed by atoms with E-state index in [1.54, 1.807) is 24.3 Å². The Morgan fingerprint density at radius 3 is 2.74 bits per heavy atom. The van der Waals surface area contributed by atoms with Crippen molar-refractivity contribution < 1.29 is 4.79 Å². The lowest BCUT2D eigenvalue weighted by atomic mass is 10.1. The SMILES string of the molecule is CC(NC(=O)CCn1cnc2ccc(Br)cc2c1=O)c1ccc(Cl)c(Cl)c1. The van der Waals surface area contributed by atoms with Gasteiger partial charge in [0.2, 0.25) is 5.91 Å². The minimum absolute atomic E-state index is 0.159. The fraction of sp³-hybridized carbons (Fsp3) is 0.211. The number of benzene rings is 2. The first kappa shape index (κ1) is 19.9. The van der Waals surface area contributed by atoms with Gasteiger partial charge in [-0.2, -0.15) is 0 Å². The molecule has 5 nitrogen and oxygen atoms in total. The van der Waals surface area contributed by atoms with Crippen LogP contribution in [-0.4, -0.2) is 15.5 Å². The van der Waals surface area contributed by atoms with Gasteiger partial charge in [-0.05, 0) is 42.8 Å². The molecule has 0 bridgehead atoms. The van der Waals surface area contributed by atoms with Gasteiger partial charge < -0.3 is 5.32 Å². The molecule has 2 aromatic carbocycles. The molecule has 1 unspecified atom stereocenters. The van der Waals surface area contributed by atoms with Crippen LogP contribution in [0, 0.1) is 0 Å². The smallest absolute Gasteiger partial charge is 0.261 e. The second kappa shape index (κ2) is 8.42. The number of halogens is 3. The quantitative estimate of drug-likeness (QED) is 0.588. The van der Waals surface area contributed by atoms with E-state index in [4.69, 9.17) is 23.2 Å². The van der Waals surface area contributed by atoms with Crippen LogP contribution in [0.15, 0.2) is 52.0 Å². The average Bonchev–Trinajstić information content (AvgIpc) is 2.64. The third-order valence-corrected chi connectivity index (χ3v) is 5.42. The molecule has 0 spiro atoms. The van der Waals surface area contributed by atoms with Crippen molar-refractivity contribution in [2.75, 3.05) is 0 Å². The molecule has 0 saturated carbocycles. The number of nitrogens with zero attached hydrogens (tertiary/aromatic N) is 2. The Balaban J connectivity index is 1.67. The number of aryl methyl sites for hydroxylation is 1. The third kappa shape index (κ3) is 4.69. The van der Waals surface area contributed by atoms with E-state index in [1.165, 1.54) is 10.9 Å². The van der Waals surface area contributed by atoms with Gasteiger partial charge in [0.1, 0.15) is 0 Å². The van der Waals surface area contributed by atoms with Gasteiger partial charge >= 0.3 is 0 Å². The molecule has 3 aromatic rings. The summed E-state index contributed by atoms with van der Waals surface area (Å²) in [5.41, 5.74) is 1.30. The molecule has 140 valence electrons. The molecule has 3 rings (SSSR count). The van der Waals surface area contributed by atoms with Crippen molar-refractivity contribution >= 4 is 55.9 Å². The molecule has 1 amide bonds. The Morgan fingerprint density at radius 2 is 2.00 bits per heavy atom. The largest absolute Gasteiger partial charge is 0.350 e. The molecule has 8 heteroatoms. The number of carbonyl (C=O) groups excluding carboxylic acids is 1. The number of aromatic nitrogens is 2. The molecule has 0 saturated heterocycles. The van der Waals surface area contributed by atoms with E-state index in [-0.39, 0.29) is 30.5 Å². The van der Waals surface area contributed by atoms with Gasteiger partial charge in [0.05, 0.1) is 33.3 Å². The van der Waals surface area contributed by atoms with E-state index in [9.17, 15) is 9.59 Å². The van der Waals surface area contributed by atoms with Crippen LogP contribution in [0.4, 0.5) is 0 Å². The van der Waals surface area contributed by atoms with Gasteiger partial charge in [-0.1, -0.05) is 45.2 Å². The van der Waals surface area contributed by atoms with Crippen molar-refractivity contribution in [2.24, 2.45) is 0 Å². The number of nitrogens with one attached hydrogen (secondary N) is 1. The van der Waals surface area contributed by atoms with Crippen molar-refractivity contribution in [3.63, 3.8) is 0 Å². The Kier molecular flexibility index (Phi) is 6.19. The Morgan fingerprint density at radius 1 is 1.22 bits per heavy atom. The highest BCUT2D eigenvalue weighted by atomic mass is 79.9. The number of hydrogen-bond donors (Lipinski definition) is 1. The first-order valence-corrected chi connectivity index (χ1v) is 9.79. The van der Waals surface area contributed by atoms with E-state index in [0.717, 1.165) is 10.0 Å². The summed E-state index contributed by atoms with van der Waals surface area (Å²) >= 11 is 15.3. The second-order valence-electron chi connectivity index (χ2n) is 6.12. The maximum Gasteiger partial charge on any atom is 0.261 e. The summed E-state index contributed by atoms with van der Waals surface area (Å²) in [6, 6.07) is 10.3. The topological polar surface area (TPSA) is 64.0 Å². The number of carbonyl (C=O) groups is 1. The Labute approximate surface area is 174 Å². The molecule has 0 aliphatic heterocycles. The molecule has 27 heavy (non-hydrogen) atoms. The lowest BCUT2D eigenvalue weighted by Gasteiger charge is -2.15. The molecule has 0 radical (unpaired) electrons. The van der Waals surface area contributed by atoms with E-state index in [1.807, 2.05) is 19.1 Å². The van der Waals surface area contributed by atoms with Crippen LogP contribution in [0.5, 0.6) is 0 Å². The highest BCUT2D eigenvalue weighted by molar-refractivity contribution is 9.10. The van der Waals surface area contributed by atoms with Crippen LogP contribution in [0.25, 0.3) is 10.9 Å². The van der Waals surface area contributed by atoms with Gasteiger partial charge in [0.25, 0.3) is 5.56 Å². The lowest BCUT2D eigenvalue weighted by Crippen LogP contribution is -2.29. The van der Waals surface area contributed by atoms with E-state index < -0.39 is 0 Å². The summed E-state index contributed by atoms with van der Waals surface area (Å²) in [6.45, 7) is 2.10. The van der Waals surface area contributed by atoms with Crippen LogP contribution in [0.3, 0.4) is 0 Å². The third-order valence-electron chi connectivity index (χ3n) is 4.19. The van der Waals surface area contributed by atoms with Crippen molar-refractivity contribution in [3.8, 4) is 0 Å². The molecule has 0 fully saturated rings. The molecular weight excluding hydrogens is 453 g/mol. The van der Waals surface area contributed by atoms with Gasteiger partial charge in [-0.25, -0.2) is 4.98 Å². The maximum absolute atomic E-state index is 12.5. The van der Waals surface area contributed by atoms with Crippen LogP contribution in [0.2, 0.25) is 10.0 Å². The summed E-state index contributed by atoms with van der Waals surface area (Å²) < 4.78 is 2.25. The number of hydrogen-bond acceptors (Lipinski definition) is 3. The Hall–Kier alpha value is -1.89. The lowest BCUT2D eigenvalue weighted by molar-refractivity contribution is -0.121. The summed E-state index contributed by atoms with van der Waals surface area (Å²) in [7, 11) is 0. The predicted molar refractivity (Wildman–Crippen MR) is 111 cm³/mol. The minimum Gasteiger partial charge on any atom is -0.350 e. The molecule has 1 atom stereocenters. The standard InChI is InChI=1S/C19H16BrCl2N3O2/c1-11(12-2-4-15(21)16(22)8-12)24-18(26)6-7-25-10-23-17-5-3-13(20)9-14(17)19(25)27/h2-5,8-11H,6-7H2,1H3,(H,24,26). The molecule has 0 aliphatic carbocycles. The molecular formula is C19H16BrCl2N3O2. The van der Waals surface area contributed by atoms with Crippen molar-refractivity contribution in [3.05, 3.63) is 73.2 Å². The second-order valence-corrected chi connectivity index (χ2v) is 7.85. The average molecular weight is 469 g/mol. The highest BCUT2D eigenvalue weighted by Gasteiger charge is 2.12. The Bertz CT molecular complexity index is 1070. The first-order chi connectivity index (χ1) is 12.8. The summed E-state index contributed by atoms with van der Waals surface area (Å²) in [6.07, 6.45) is 1.63. The van der Waals surface area contributed by atoms with Crippen molar-refractivity contribution in [1.29, 1.82) is 0 Å². The molecule has 1 aromatic heterocycles. The van der Waals surface area contributed by atoms with Gasteiger partial charge in [0, 0.05) is 17.4 Å². The minimum atomic E-state index is -0.227. The maximum atomic E-state index is 12.5. The molecule has 0 aliphatic rings. The van der Waals surface area contributed by atoms with Crippen LogP contribution < -0.4 is 10.9 Å². The summed E-state index contributed by atoms with van der Waals surface area (Å²) in [5, 5.41) is 4.31. The molecule has 1 heterocycles. The van der Waals surface area contributed by atoms with Gasteiger partial charge in [-0.15, -0.1) is 0 Å². The fourth-order valence-corrected chi connectivity index (χ4v) is 3.36. The number of fused-ring (bicyclic) bond motifs is 1. The zero-order chi connectivity index (χ0) is 19.6. The van der Waals surface area contributed by atoms with Crippen molar-refractivity contribution in [2.45, 2.75) is 25.9 Å². The van der Waals surface area contributed by atoms with E-state index in [2.05, 4.69) is 26.2 Å². The van der Waals surface area contributed by atoms with Crippen molar-refractivity contribution in [1.82, 2.24) is 14.9 Å². The zero-order valence-electron chi connectivity index (χ0n) is 14.4. The summed E-state index contributed by atoms with van der Waals surface area (Å²) in [4.78, 5) is 29.1. The van der Waals surface area contributed by atoms with Gasteiger partial charge in [-0.3, -0.25) is 14.2 Å². The van der Waals surface area contributed by atoms with E-state index >= 15 is 0 Å². The fourth-order valence-electron chi connectivity index (χ4n) is 2.69. The number of amides is 1. The van der Waals surface area contributed by atoms with Crippen LogP contribution in [-0.2, 0) is 11.3 Å². The van der Waals surface area contributed by atoms with Gasteiger partial charge in [0.15, 0.2) is 0 Å². The predicted octanol–water partition coefficient (Wildman–Crippen LogP) is 4.73. The highest BCUT2D eigenvalue weighted by Crippen LogP contribution is 2.25. The van der Waals surface area contributed by atoms with E-state index in [0.29, 0.717) is 20.9 Å². The number of rotatable bonds is 5. The van der Waals surface area contributed by atoms with Crippen LogP contribution >= 0.6 is 39.1 Å². The normalized spacial score (nSPS) is 12.1. The monoisotopic (exact) mass is 467 g/mol. The molecule has 1 N–H and O–H groups in total. The zero-order valence-corrected chi connectivity index (χ0v) is 17.5.